The zero-order chi connectivity index (χ0) is 26.6. The van der Waals surface area contributed by atoms with Crippen molar-refractivity contribution in [1.82, 2.24) is 4.57 Å². The van der Waals surface area contributed by atoms with E-state index in [1.54, 1.807) is 0 Å². The maximum atomic E-state index is 4.29. The number of allylic oxidation sites excluding steroid dienone is 6. The van der Waals surface area contributed by atoms with Gasteiger partial charge in [0.25, 0.3) is 0 Å². The third-order valence-electron chi connectivity index (χ3n) is 8.05. The van der Waals surface area contributed by atoms with Gasteiger partial charge in [-0.15, -0.1) is 0 Å². The van der Waals surface area contributed by atoms with Crippen molar-refractivity contribution in [3.05, 3.63) is 139 Å². The fourth-order valence-corrected chi connectivity index (χ4v) is 6.13. The van der Waals surface area contributed by atoms with E-state index in [4.69, 9.17) is 0 Å². The Morgan fingerprint density at radius 1 is 0.816 bits per heavy atom. The SMILES string of the molecule is C=CC1=C(/C=C\C)C(C)(C)c2cc3c(cc21)c1ccccc1n3-c1cc(C(=C)C)cc(-c2ccccc2)c1. The van der Waals surface area contributed by atoms with Crippen LogP contribution in [0.4, 0.5) is 0 Å². The number of hydrogen-bond donors (Lipinski definition) is 0. The Morgan fingerprint density at radius 3 is 2.26 bits per heavy atom. The van der Waals surface area contributed by atoms with Crippen molar-refractivity contribution in [2.24, 2.45) is 0 Å². The Morgan fingerprint density at radius 2 is 1.55 bits per heavy atom. The molecule has 186 valence electrons. The van der Waals surface area contributed by atoms with Gasteiger partial charge < -0.3 is 4.57 Å². The molecule has 0 amide bonds. The molecule has 0 aliphatic heterocycles. The lowest BCUT2D eigenvalue weighted by molar-refractivity contribution is 0.654. The molecule has 1 aliphatic carbocycles. The van der Waals surface area contributed by atoms with Crippen LogP contribution in [0.1, 0.15) is 44.4 Å². The number of hydrogen-bond acceptors (Lipinski definition) is 0. The highest BCUT2D eigenvalue weighted by Gasteiger charge is 2.36. The van der Waals surface area contributed by atoms with E-state index in [9.17, 15) is 0 Å². The van der Waals surface area contributed by atoms with Gasteiger partial charge in [-0.3, -0.25) is 0 Å². The molecule has 1 heteroatoms. The number of aromatic nitrogens is 1. The third kappa shape index (κ3) is 3.54. The van der Waals surface area contributed by atoms with Gasteiger partial charge in [0.2, 0.25) is 0 Å². The van der Waals surface area contributed by atoms with Crippen LogP contribution in [-0.4, -0.2) is 4.57 Å². The molecule has 0 saturated heterocycles. The van der Waals surface area contributed by atoms with E-state index >= 15 is 0 Å². The first kappa shape index (κ1) is 24.0. The van der Waals surface area contributed by atoms with Crippen molar-refractivity contribution in [2.45, 2.75) is 33.1 Å². The molecule has 1 aliphatic rings. The van der Waals surface area contributed by atoms with Crippen LogP contribution in [0.25, 0.3) is 49.8 Å². The third-order valence-corrected chi connectivity index (χ3v) is 8.05. The normalized spacial score (nSPS) is 14.5. The highest BCUT2D eigenvalue weighted by atomic mass is 15.0. The highest BCUT2D eigenvalue weighted by Crippen LogP contribution is 2.49. The molecule has 1 aromatic heterocycles. The van der Waals surface area contributed by atoms with Gasteiger partial charge in [0.1, 0.15) is 0 Å². The lowest BCUT2D eigenvalue weighted by atomic mass is 9.80. The van der Waals surface area contributed by atoms with Crippen LogP contribution >= 0.6 is 0 Å². The molecule has 0 atom stereocenters. The summed E-state index contributed by atoms with van der Waals surface area (Å²) in [6.07, 6.45) is 6.41. The number of fused-ring (bicyclic) bond motifs is 4. The molecule has 6 rings (SSSR count). The van der Waals surface area contributed by atoms with Crippen LogP contribution < -0.4 is 0 Å². The van der Waals surface area contributed by atoms with Crippen molar-refractivity contribution in [3.8, 4) is 16.8 Å². The molecule has 0 unspecified atom stereocenters. The van der Waals surface area contributed by atoms with Gasteiger partial charge in [-0.25, -0.2) is 0 Å². The van der Waals surface area contributed by atoms with Gasteiger partial charge in [-0.2, -0.15) is 0 Å². The molecule has 0 saturated carbocycles. The van der Waals surface area contributed by atoms with Crippen molar-refractivity contribution >= 4 is 33.0 Å². The Kier molecular flexibility index (Phi) is 5.61. The molecular weight excluding hydrogens is 458 g/mol. The maximum Gasteiger partial charge on any atom is 0.0544 e. The zero-order valence-corrected chi connectivity index (χ0v) is 22.7. The van der Waals surface area contributed by atoms with Gasteiger partial charge in [0.05, 0.1) is 11.0 Å². The van der Waals surface area contributed by atoms with Crippen LogP contribution in [-0.2, 0) is 5.41 Å². The molecule has 0 bridgehead atoms. The second kappa shape index (κ2) is 8.89. The van der Waals surface area contributed by atoms with E-state index in [2.05, 4.69) is 143 Å². The number of rotatable bonds is 5. The monoisotopic (exact) mass is 491 g/mol. The Balaban J connectivity index is 1.71. The fourth-order valence-electron chi connectivity index (χ4n) is 6.13. The van der Waals surface area contributed by atoms with E-state index in [1.165, 1.54) is 55.2 Å². The van der Waals surface area contributed by atoms with E-state index in [0.29, 0.717) is 0 Å². The molecular formula is C37H33N. The van der Waals surface area contributed by atoms with Crippen LogP contribution in [0.15, 0.2) is 122 Å². The van der Waals surface area contributed by atoms with Gasteiger partial charge >= 0.3 is 0 Å². The maximum absolute atomic E-state index is 4.29. The summed E-state index contributed by atoms with van der Waals surface area (Å²) in [5.41, 5.74) is 13.3. The van der Waals surface area contributed by atoms with Crippen LogP contribution in [0.5, 0.6) is 0 Å². The van der Waals surface area contributed by atoms with Crippen molar-refractivity contribution in [3.63, 3.8) is 0 Å². The summed E-state index contributed by atoms with van der Waals surface area (Å²) in [4.78, 5) is 0. The standard InChI is InChI=1S/C37H33N/c1-7-14-33-29(8-2)31-22-32-30-17-12-13-18-35(30)38(36(32)23-34(31)37(33,5)6)28-20-26(24(3)4)19-27(21-28)25-15-10-9-11-16-25/h7-23H,2-3H2,1,4-6H3/b14-7-. The fraction of sp³-hybridized carbons (Fsp3) is 0.135. The Bertz CT molecular complexity index is 1820. The minimum Gasteiger partial charge on any atom is -0.309 e. The summed E-state index contributed by atoms with van der Waals surface area (Å²) in [6, 6.07) is 31.0. The van der Waals surface area contributed by atoms with Crippen LogP contribution in [0.3, 0.4) is 0 Å². The summed E-state index contributed by atoms with van der Waals surface area (Å²) in [5, 5.41) is 2.52. The van der Waals surface area contributed by atoms with Crippen molar-refractivity contribution in [1.29, 1.82) is 0 Å². The molecule has 0 N–H and O–H groups in total. The topological polar surface area (TPSA) is 4.93 Å². The highest BCUT2D eigenvalue weighted by molar-refractivity contribution is 6.11. The van der Waals surface area contributed by atoms with E-state index in [-0.39, 0.29) is 5.41 Å². The first-order chi connectivity index (χ1) is 18.3. The molecule has 1 nitrogen and oxygen atoms in total. The summed E-state index contributed by atoms with van der Waals surface area (Å²) in [7, 11) is 0. The molecule has 0 fully saturated rings. The lowest BCUT2D eigenvalue weighted by Gasteiger charge is -2.23. The predicted octanol–water partition coefficient (Wildman–Crippen LogP) is 10.3. The van der Waals surface area contributed by atoms with Crippen LogP contribution in [0.2, 0.25) is 0 Å². The predicted molar refractivity (Wildman–Crippen MR) is 166 cm³/mol. The quantitative estimate of drug-likeness (QED) is 0.230. The average Bonchev–Trinajstić information content (AvgIpc) is 3.36. The van der Waals surface area contributed by atoms with E-state index in [0.717, 1.165) is 16.8 Å². The van der Waals surface area contributed by atoms with E-state index in [1.807, 2.05) is 6.08 Å². The second-order valence-electron chi connectivity index (χ2n) is 10.8. The largest absolute Gasteiger partial charge is 0.309 e. The summed E-state index contributed by atoms with van der Waals surface area (Å²) in [5.74, 6) is 0. The number of para-hydroxylation sites is 1. The van der Waals surface area contributed by atoms with Gasteiger partial charge in [0, 0.05) is 21.9 Å². The number of nitrogens with zero attached hydrogens (tertiary/aromatic N) is 1. The molecule has 4 aromatic carbocycles. The zero-order valence-electron chi connectivity index (χ0n) is 22.7. The summed E-state index contributed by atoms with van der Waals surface area (Å²) >= 11 is 0. The molecule has 0 spiro atoms. The van der Waals surface area contributed by atoms with Crippen molar-refractivity contribution < 1.29 is 0 Å². The van der Waals surface area contributed by atoms with Gasteiger partial charge in [-0.1, -0.05) is 99.3 Å². The lowest BCUT2D eigenvalue weighted by Crippen LogP contribution is -2.16. The van der Waals surface area contributed by atoms with Crippen molar-refractivity contribution in [2.75, 3.05) is 0 Å². The molecule has 0 radical (unpaired) electrons. The van der Waals surface area contributed by atoms with Gasteiger partial charge in [-0.05, 0) is 89.2 Å². The van der Waals surface area contributed by atoms with Crippen LogP contribution in [0, 0.1) is 0 Å². The first-order valence-electron chi connectivity index (χ1n) is 13.3. The average molecular weight is 492 g/mol. The minimum atomic E-state index is -0.115. The second-order valence-corrected chi connectivity index (χ2v) is 10.8. The summed E-state index contributed by atoms with van der Waals surface area (Å²) in [6.45, 7) is 17.3. The van der Waals surface area contributed by atoms with E-state index < -0.39 is 0 Å². The molecule has 5 aromatic rings. The van der Waals surface area contributed by atoms with Gasteiger partial charge in [0.15, 0.2) is 0 Å². The Labute approximate surface area is 225 Å². The number of benzene rings is 4. The Hall–Kier alpha value is -4.36. The first-order valence-corrected chi connectivity index (χ1v) is 13.3. The molecule has 1 heterocycles. The summed E-state index contributed by atoms with van der Waals surface area (Å²) < 4.78 is 2.43. The minimum absolute atomic E-state index is 0.115. The smallest absolute Gasteiger partial charge is 0.0544 e. The molecule has 38 heavy (non-hydrogen) atoms.